The molecular weight excluding hydrogens is 366 g/mol. The second kappa shape index (κ2) is 6.82. The molecule has 0 atom stereocenters. The highest BCUT2D eigenvalue weighted by molar-refractivity contribution is 7.92. The summed E-state index contributed by atoms with van der Waals surface area (Å²) in [6.07, 6.45) is 1.88. The van der Waals surface area contributed by atoms with Crippen LogP contribution in [0, 0.1) is 0 Å². The van der Waals surface area contributed by atoms with Crippen LogP contribution < -0.4 is 14.9 Å². The molecule has 1 aromatic carbocycles. The SMILES string of the molecule is CN1CCN(c2ccc(NS(=O)(=O)c3ccc4c(c3)CC(=O)N4)nc2)CC1. The number of carbonyl (C=O) groups excluding carboxylic acids is 1. The average molecular weight is 387 g/mol. The molecule has 9 heteroatoms. The Morgan fingerprint density at radius 1 is 1.11 bits per heavy atom. The Morgan fingerprint density at radius 2 is 1.89 bits per heavy atom. The highest BCUT2D eigenvalue weighted by Gasteiger charge is 2.22. The Morgan fingerprint density at radius 3 is 2.59 bits per heavy atom. The van der Waals surface area contributed by atoms with E-state index in [0.29, 0.717) is 11.3 Å². The molecule has 8 nitrogen and oxygen atoms in total. The number of hydrogen-bond acceptors (Lipinski definition) is 6. The maximum Gasteiger partial charge on any atom is 0.263 e. The average Bonchev–Trinajstić information content (AvgIpc) is 3.02. The molecule has 27 heavy (non-hydrogen) atoms. The van der Waals surface area contributed by atoms with Crippen molar-refractivity contribution in [3.8, 4) is 0 Å². The second-order valence-corrected chi connectivity index (χ2v) is 8.52. The van der Waals surface area contributed by atoms with Crippen LogP contribution in [0.1, 0.15) is 5.56 Å². The lowest BCUT2D eigenvalue weighted by Gasteiger charge is -2.33. The van der Waals surface area contributed by atoms with E-state index in [1.807, 2.05) is 6.07 Å². The second-order valence-electron chi connectivity index (χ2n) is 6.84. The van der Waals surface area contributed by atoms with E-state index in [1.165, 1.54) is 12.1 Å². The fraction of sp³-hybridized carbons (Fsp3) is 0.333. The highest BCUT2D eigenvalue weighted by atomic mass is 32.2. The number of likely N-dealkylation sites (N-methyl/N-ethyl adjacent to an activating group) is 1. The van der Waals surface area contributed by atoms with Crippen LogP contribution in [0.3, 0.4) is 0 Å². The lowest BCUT2D eigenvalue weighted by atomic mass is 10.2. The van der Waals surface area contributed by atoms with Crippen LogP contribution >= 0.6 is 0 Å². The quantitative estimate of drug-likeness (QED) is 0.817. The molecule has 0 aliphatic carbocycles. The number of nitrogens with zero attached hydrogens (tertiary/aromatic N) is 3. The molecule has 2 aliphatic heterocycles. The molecule has 1 fully saturated rings. The monoisotopic (exact) mass is 387 g/mol. The van der Waals surface area contributed by atoms with E-state index in [4.69, 9.17) is 0 Å². The van der Waals surface area contributed by atoms with Gasteiger partial charge >= 0.3 is 0 Å². The number of nitrogens with one attached hydrogen (secondary N) is 2. The van der Waals surface area contributed by atoms with Crippen molar-refractivity contribution in [2.75, 3.05) is 48.2 Å². The summed E-state index contributed by atoms with van der Waals surface area (Å²) < 4.78 is 27.8. The maximum absolute atomic E-state index is 12.6. The lowest BCUT2D eigenvalue weighted by Crippen LogP contribution is -2.44. The predicted octanol–water partition coefficient (Wildman–Crippen LogP) is 1.13. The van der Waals surface area contributed by atoms with E-state index in [1.54, 1.807) is 18.3 Å². The van der Waals surface area contributed by atoms with Gasteiger partial charge in [-0.05, 0) is 42.9 Å². The van der Waals surface area contributed by atoms with Crippen LogP contribution in [0.4, 0.5) is 17.2 Å². The van der Waals surface area contributed by atoms with Gasteiger partial charge in [0.05, 0.1) is 23.2 Å². The molecule has 0 bridgehead atoms. The van der Waals surface area contributed by atoms with Gasteiger partial charge in [0.25, 0.3) is 10.0 Å². The molecule has 4 rings (SSSR count). The minimum atomic E-state index is -3.77. The number of sulfonamides is 1. The molecule has 1 saturated heterocycles. The molecule has 2 aliphatic rings. The van der Waals surface area contributed by atoms with Gasteiger partial charge in [-0.2, -0.15) is 0 Å². The van der Waals surface area contributed by atoms with Gasteiger partial charge < -0.3 is 15.1 Å². The summed E-state index contributed by atoms with van der Waals surface area (Å²) in [4.78, 5) is 20.3. The van der Waals surface area contributed by atoms with Crippen molar-refractivity contribution in [2.24, 2.45) is 0 Å². The standard InChI is InChI=1S/C18H21N5O3S/c1-22-6-8-23(9-7-22)14-2-5-17(19-12-14)21-27(25,26)15-3-4-16-13(10-15)11-18(24)20-16/h2-5,10,12H,6-9,11H2,1H3,(H,19,21)(H,20,24). The Balaban J connectivity index is 1.48. The number of rotatable bonds is 4. The number of amides is 1. The Bertz CT molecular complexity index is 967. The zero-order valence-corrected chi connectivity index (χ0v) is 15.8. The number of pyridine rings is 1. The normalized spacial score (nSPS) is 17.5. The Hall–Kier alpha value is -2.65. The molecule has 1 amide bonds. The first kappa shape index (κ1) is 17.7. The third-order valence-corrected chi connectivity index (χ3v) is 6.22. The van der Waals surface area contributed by atoms with Crippen LogP contribution in [0.2, 0.25) is 0 Å². The third-order valence-electron chi connectivity index (χ3n) is 4.87. The predicted molar refractivity (Wildman–Crippen MR) is 104 cm³/mol. The van der Waals surface area contributed by atoms with Crippen LogP contribution in [0.5, 0.6) is 0 Å². The molecule has 0 spiro atoms. The minimum absolute atomic E-state index is 0.114. The van der Waals surface area contributed by atoms with E-state index in [9.17, 15) is 13.2 Å². The maximum atomic E-state index is 12.6. The molecule has 0 radical (unpaired) electrons. The Kier molecular flexibility index (Phi) is 4.48. The van der Waals surface area contributed by atoms with E-state index in [2.05, 4.69) is 31.9 Å². The summed E-state index contributed by atoms with van der Waals surface area (Å²) >= 11 is 0. The van der Waals surface area contributed by atoms with Crippen molar-refractivity contribution in [3.05, 3.63) is 42.1 Å². The fourth-order valence-electron chi connectivity index (χ4n) is 3.27. The van der Waals surface area contributed by atoms with Crippen LogP contribution in [-0.2, 0) is 21.2 Å². The Labute approximate surface area is 158 Å². The summed E-state index contributed by atoms with van der Waals surface area (Å²) in [6, 6.07) is 8.16. The van der Waals surface area contributed by atoms with Crippen molar-refractivity contribution in [2.45, 2.75) is 11.3 Å². The smallest absolute Gasteiger partial charge is 0.263 e. The number of benzene rings is 1. The van der Waals surface area contributed by atoms with Gasteiger partial charge in [-0.1, -0.05) is 0 Å². The van der Waals surface area contributed by atoms with Gasteiger partial charge in [-0.3, -0.25) is 9.52 Å². The highest BCUT2D eigenvalue weighted by Crippen LogP contribution is 2.27. The molecule has 1 aromatic heterocycles. The number of hydrogen-bond donors (Lipinski definition) is 2. The van der Waals surface area contributed by atoms with Crippen LogP contribution in [0.25, 0.3) is 0 Å². The van der Waals surface area contributed by atoms with Gasteiger partial charge in [0, 0.05) is 31.9 Å². The summed E-state index contributed by atoms with van der Waals surface area (Å²) in [5.41, 5.74) is 2.32. The van der Waals surface area contributed by atoms with E-state index < -0.39 is 10.0 Å². The van der Waals surface area contributed by atoms with Gasteiger partial charge in [0.15, 0.2) is 0 Å². The fourth-order valence-corrected chi connectivity index (χ4v) is 4.33. The summed E-state index contributed by atoms with van der Waals surface area (Å²) in [5.74, 6) is 0.135. The molecule has 2 aromatic rings. The summed E-state index contributed by atoms with van der Waals surface area (Å²) in [5, 5.41) is 2.69. The topological polar surface area (TPSA) is 94.6 Å². The van der Waals surface area contributed by atoms with Crippen molar-refractivity contribution in [1.29, 1.82) is 0 Å². The molecule has 2 N–H and O–H groups in total. The molecule has 0 saturated carbocycles. The first-order valence-corrected chi connectivity index (χ1v) is 10.2. The zero-order valence-electron chi connectivity index (χ0n) is 15.0. The molecule has 3 heterocycles. The van der Waals surface area contributed by atoms with E-state index >= 15 is 0 Å². The number of fused-ring (bicyclic) bond motifs is 1. The van der Waals surface area contributed by atoms with Crippen molar-refractivity contribution in [3.63, 3.8) is 0 Å². The van der Waals surface area contributed by atoms with Gasteiger partial charge in [0.2, 0.25) is 5.91 Å². The minimum Gasteiger partial charge on any atom is -0.368 e. The first-order valence-electron chi connectivity index (χ1n) is 8.76. The number of carbonyl (C=O) groups is 1. The van der Waals surface area contributed by atoms with Crippen LogP contribution in [0.15, 0.2) is 41.4 Å². The van der Waals surface area contributed by atoms with Gasteiger partial charge in [0.1, 0.15) is 5.82 Å². The van der Waals surface area contributed by atoms with Crippen molar-refractivity contribution >= 4 is 33.1 Å². The van der Waals surface area contributed by atoms with Crippen molar-refractivity contribution in [1.82, 2.24) is 9.88 Å². The van der Waals surface area contributed by atoms with Gasteiger partial charge in [-0.25, -0.2) is 13.4 Å². The molecule has 142 valence electrons. The first-order chi connectivity index (χ1) is 12.9. The largest absolute Gasteiger partial charge is 0.368 e. The third kappa shape index (κ3) is 3.74. The number of aromatic nitrogens is 1. The molecule has 0 unspecified atom stereocenters. The summed E-state index contributed by atoms with van der Waals surface area (Å²) in [7, 11) is -1.67. The number of anilines is 3. The van der Waals surface area contributed by atoms with Crippen molar-refractivity contribution < 1.29 is 13.2 Å². The zero-order chi connectivity index (χ0) is 19.0. The van der Waals surface area contributed by atoms with Crippen LogP contribution in [-0.4, -0.2) is 57.4 Å². The molecular formula is C18H21N5O3S. The summed E-state index contributed by atoms with van der Waals surface area (Å²) in [6.45, 7) is 3.82. The number of piperazine rings is 1. The van der Waals surface area contributed by atoms with E-state index in [-0.39, 0.29) is 23.0 Å². The lowest BCUT2D eigenvalue weighted by molar-refractivity contribution is -0.115. The van der Waals surface area contributed by atoms with Gasteiger partial charge in [-0.15, -0.1) is 0 Å². The van der Waals surface area contributed by atoms with E-state index in [0.717, 1.165) is 31.9 Å².